The van der Waals surface area contributed by atoms with E-state index in [2.05, 4.69) is 17.0 Å². The first-order valence-electron chi connectivity index (χ1n) is 6.73. The summed E-state index contributed by atoms with van der Waals surface area (Å²) in [5.74, 6) is -3.75. The maximum absolute atomic E-state index is 10.0. The van der Waals surface area contributed by atoms with Crippen LogP contribution in [0.25, 0.3) is 0 Å². The number of carbonyl (C=O) groups is 6. The Balaban J connectivity index is 0. The summed E-state index contributed by atoms with van der Waals surface area (Å²) in [5.41, 5.74) is 5.72. The van der Waals surface area contributed by atoms with Crippen molar-refractivity contribution in [3.8, 4) is 0 Å². The molecule has 2 heterocycles. The minimum Gasteiger partial charge on any atom is -0.478 e. The summed E-state index contributed by atoms with van der Waals surface area (Å²) in [6, 6.07) is 0. The lowest BCUT2D eigenvalue weighted by Gasteiger charge is -1.80. The molecule has 2 aliphatic heterocycles. The highest BCUT2D eigenvalue weighted by atomic mass is 16.6. The summed E-state index contributed by atoms with van der Waals surface area (Å²) in [6.45, 7) is 7.50. The first-order chi connectivity index (χ1) is 11.9. The summed E-state index contributed by atoms with van der Waals surface area (Å²) in [4.78, 5) is 59.3. The highest BCUT2D eigenvalue weighted by molar-refractivity contribution is 6.12. The highest BCUT2D eigenvalue weighted by Gasteiger charge is 2.10. The van der Waals surface area contributed by atoms with Crippen LogP contribution in [0, 0.1) is 0 Å². The number of ether oxygens (including phenoxy) is 1. The predicted octanol–water partition coefficient (Wildman–Crippen LogP) is -0.480. The predicted molar refractivity (Wildman–Crippen MR) is 89.0 cm³/mol. The van der Waals surface area contributed by atoms with Gasteiger partial charge in [-0.05, 0) is 13.8 Å². The van der Waals surface area contributed by atoms with Crippen LogP contribution in [0.2, 0.25) is 0 Å². The van der Waals surface area contributed by atoms with Crippen molar-refractivity contribution in [2.24, 2.45) is 5.73 Å². The Morgan fingerprint density at radius 3 is 1.50 bits per heavy atom. The van der Waals surface area contributed by atoms with Gasteiger partial charge in [0.25, 0.3) is 11.8 Å². The van der Waals surface area contributed by atoms with Crippen molar-refractivity contribution in [3.63, 3.8) is 0 Å². The lowest BCUT2D eigenvalue weighted by molar-refractivity contribution is -0.150. The van der Waals surface area contributed by atoms with E-state index in [1.165, 1.54) is 17.7 Å². The van der Waals surface area contributed by atoms with E-state index >= 15 is 0 Å². The van der Waals surface area contributed by atoms with Crippen molar-refractivity contribution < 1.29 is 38.6 Å². The number of carbonyl (C=O) groups excluding carboxylic acids is 5. The number of hydrogen-bond acceptors (Lipinski definition) is 7. The third-order valence-electron chi connectivity index (χ3n) is 1.58. The number of amides is 3. The minimum atomic E-state index is -1.18. The van der Waals surface area contributed by atoms with Crippen molar-refractivity contribution >= 4 is 35.6 Å². The number of nitrogens with one attached hydrogen (secondary N) is 1. The van der Waals surface area contributed by atoms with Gasteiger partial charge < -0.3 is 15.6 Å². The number of carboxylic acid groups (broad SMARTS) is 1. The third kappa shape index (κ3) is 20.2. The number of hydrogen-bond donors (Lipinski definition) is 3. The van der Waals surface area contributed by atoms with Gasteiger partial charge in [-0.25, -0.2) is 14.4 Å². The average Bonchev–Trinajstić information content (AvgIpc) is 3.05. The molecule has 10 nitrogen and oxygen atoms in total. The van der Waals surface area contributed by atoms with Gasteiger partial charge in [0.15, 0.2) is 0 Å². The number of imide groups is 1. The number of cyclic esters (lactones) is 2. The SMILES string of the molecule is C=C(C)C.NC(=O)C=CC(=O)O.O=C1C=CC(=O)N1.O=C1C=CC(=O)O1. The van der Waals surface area contributed by atoms with Gasteiger partial charge in [-0.2, -0.15) is 0 Å². The molecular weight excluding hydrogens is 348 g/mol. The van der Waals surface area contributed by atoms with Crippen LogP contribution in [0.4, 0.5) is 0 Å². The Bertz CT molecular complexity index is 598. The van der Waals surface area contributed by atoms with E-state index < -0.39 is 23.8 Å². The second kappa shape index (κ2) is 13.6. The Kier molecular flexibility index (Phi) is 12.8. The van der Waals surface area contributed by atoms with Gasteiger partial charge >= 0.3 is 17.9 Å². The summed E-state index contributed by atoms with van der Waals surface area (Å²) < 4.78 is 3.97. The molecule has 0 spiro atoms. The van der Waals surface area contributed by atoms with E-state index in [4.69, 9.17) is 5.11 Å². The molecule has 0 radical (unpaired) electrons. The van der Waals surface area contributed by atoms with E-state index in [9.17, 15) is 28.8 Å². The Hall–Kier alpha value is -3.82. The summed E-state index contributed by atoms with van der Waals surface area (Å²) in [6.07, 6.45) is 6.03. The summed E-state index contributed by atoms with van der Waals surface area (Å²) >= 11 is 0. The van der Waals surface area contributed by atoms with Gasteiger partial charge in [0.2, 0.25) is 5.91 Å². The molecule has 10 heteroatoms. The van der Waals surface area contributed by atoms with Crippen molar-refractivity contribution in [2.45, 2.75) is 13.8 Å². The van der Waals surface area contributed by atoms with Gasteiger partial charge in [0.1, 0.15) is 0 Å². The number of esters is 2. The summed E-state index contributed by atoms with van der Waals surface area (Å²) in [7, 11) is 0. The number of nitrogens with two attached hydrogens (primary N) is 1. The van der Waals surface area contributed by atoms with Crippen LogP contribution in [0.1, 0.15) is 13.8 Å². The third-order valence-corrected chi connectivity index (χ3v) is 1.58. The van der Waals surface area contributed by atoms with Crippen LogP contribution in [-0.4, -0.2) is 40.7 Å². The number of allylic oxidation sites excluding steroid dienone is 1. The molecule has 0 saturated carbocycles. The molecule has 0 unspecified atom stereocenters. The fourth-order valence-electron chi connectivity index (χ4n) is 0.813. The highest BCUT2D eigenvalue weighted by Crippen LogP contribution is 1.92. The van der Waals surface area contributed by atoms with Crippen molar-refractivity contribution in [3.05, 3.63) is 48.6 Å². The molecule has 0 aromatic carbocycles. The van der Waals surface area contributed by atoms with Crippen LogP contribution in [0.3, 0.4) is 0 Å². The maximum atomic E-state index is 10.0. The minimum absolute atomic E-state index is 0.329. The number of carboxylic acids is 1. The molecule has 2 aliphatic rings. The first kappa shape index (κ1) is 24.4. The van der Waals surface area contributed by atoms with Crippen LogP contribution in [0.15, 0.2) is 48.6 Å². The van der Waals surface area contributed by atoms with Crippen molar-refractivity contribution in [2.75, 3.05) is 0 Å². The lowest BCUT2D eigenvalue weighted by atomic mass is 10.4. The van der Waals surface area contributed by atoms with E-state index in [0.29, 0.717) is 6.08 Å². The standard InChI is InChI=1S/C4H5NO3.C4H3NO2.C4H2O3.C4H8/c5-3(6)1-2-4(7)8;6-3-1-2-4(7)5-3;5-3-1-2-4(6)7-3;1-4(2)3/h1-2H,(H2,5,6)(H,7,8);1-2H,(H,5,6,7);1-2H;1H2,2-3H3. The normalized spacial score (nSPS) is 13.5. The zero-order chi connectivity index (χ0) is 20.7. The van der Waals surface area contributed by atoms with Gasteiger partial charge in [-0.15, -0.1) is 6.58 Å². The molecule has 0 aromatic rings. The molecule has 0 aliphatic carbocycles. The first-order valence-corrected chi connectivity index (χ1v) is 6.73. The number of rotatable bonds is 2. The number of primary amides is 1. The lowest BCUT2D eigenvalue weighted by Crippen LogP contribution is -2.19. The van der Waals surface area contributed by atoms with Crippen LogP contribution < -0.4 is 11.1 Å². The quantitative estimate of drug-likeness (QED) is 0.193. The van der Waals surface area contributed by atoms with Crippen LogP contribution >= 0.6 is 0 Å². The van der Waals surface area contributed by atoms with E-state index in [-0.39, 0.29) is 11.8 Å². The van der Waals surface area contributed by atoms with Crippen molar-refractivity contribution in [1.82, 2.24) is 5.32 Å². The van der Waals surface area contributed by atoms with Gasteiger partial charge in [0, 0.05) is 36.5 Å². The topological polar surface area (TPSA) is 170 Å². The molecule has 2 rings (SSSR count). The van der Waals surface area contributed by atoms with E-state index in [0.717, 1.165) is 18.2 Å². The van der Waals surface area contributed by atoms with Gasteiger partial charge in [-0.3, -0.25) is 19.7 Å². The molecule has 3 amide bonds. The largest absolute Gasteiger partial charge is 0.478 e. The molecule has 0 atom stereocenters. The molecule has 0 aromatic heterocycles. The Morgan fingerprint density at radius 2 is 1.38 bits per heavy atom. The fourth-order valence-corrected chi connectivity index (χ4v) is 0.813. The summed E-state index contributed by atoms with van der Waals surface area (Å²) in [5, 5.41) is 9.90. The second-order valence-corrected chi connectivity index (χ2v) is 4.54. The molecule has 0 saturated heterocycles. The molecule has 0 bridgehead atoms. The van der Waals surface area contributed by atoms with E-state index in [1.807, 2.05) is 19.2 Å². The Labute approximate surface area is 148 Å². The Morgan fingerprint density at radius 1 is 1.00 bits per heavy atom. The molecule has 4 N–H and O–H groups in total. The number of aliphatic carboxylic acids is 1. The fraction of sp³-hybridized carbons (Fsp3) is 0.125. The van der Waals surface area contributed by atoms with Gasteiger partial charge in [-0.1, -0.05) is 5.57 Å². The molecule has 140 valence electrons. The molecule has 0 fully saturated rings. The zero-order valence-corrected chi connectivity index (χ0v) is 14.1. The zero-order valence-electron chi connectivity index (χ0n) is 14.1. The monoisotopic (exact) mass is 366 g/mol. The second-order valence-electron chi connectivity index (χ2n) is 4.54. The average molecular weight is 366 g/mol. The van der Waals surface area contributed by atoms with Gasteiger partial charge in [0.05, 0.1) is 0 Å². The van der Waals surface area contributed by atoms with E-state index in [1.54, 1.807) is 0 Å². The van der Waals surface area contributed by atoms with Crippen LogP contribution in [0.5, 0.6) is 0 Å². The maximum Gasteiger partial charge on any atom is 0.338 e. The molecular formula is C16H18N2O8. The van der Waals surface area contributed by atoms with Crippen LogP contribution in [-0.2, 0) is 33.5 Å². The smallest absolute Gasteiger partial charge is 0.338 e. The molecule has 26 heavy (non-hydrogen) atoms. The van der Waals surface area contributed by atoms with Crippen molar-refractivity contribution in [1.29, 1.82) is 0 Å².